The van der Waals surface area contributed by atoms with Crippen molar-refractivity contribution in [2.75, 3.05) is 0 Å². The van der Waals surface area contributed by atoms with Crippen LogP contribution in [-0.2, 0) is 27.4 Å². The standard InChI is InChI=1S/C17H15BrO4/c18-14-8-6-12(7-9-14)10-15(16(19)20)17(21)22-11-13-4-2-1-3-5-13/h1-9,15H,10-11H2,(H,19,20). The summed E-state index contributed by atoms with van der Waals surface area (Å²) in [5.41, 5.74) is 1.59. The van der Waals surface area contributed by atoms with E-state index in [1.54, 1.807) is 12.1 Å². The first-order valence-corrected chi connectivity index (χ1v) is 7.53. The van der Waals surface area contributed by atoms with E-state index in [9.17, 15) is 14.7 Å². The lowest BCUT2D eigenvalue weighted by Crippen LogP contribution is -2.27. The fourth-order valence-electron chi connectivity index (χ4n) is 1.96. The van der Waals surface area contributed by atoms with Crippen LogP contribution in [0.4, 0.5) is 0 Å². The Morgan fingerprint density at radius 3 is 2.23 bits per heavy atom. The molecule has 0 bridgehead atoms. The third-order valence-electron chi connectivity index (χ3n) is 3.16. The number of aliphatic carboxylic acids is 1. The van der Waals surface area contributed by atoms with Gasteiger partial charge in [-0.2, -0.15) is 0 Å². The number of halogens is 1. The number of ether oxygens (including phenoxy) is 1. The van der Waals surface area contributed by atoms with Crippen LogP contribution in [0.25, 0.3) is 0 Å². The molecule has 1 N–H and O–H groups in total. The summed E-state index contributed by atoms with van der Waals surface area (Å²) >= 11 is 3.31. The van der Waals surface area contributed by atoms with Crippen LogP contribution in [0, 0.1) is 5.92 Å². The molecule has 2 aromatic carbocycles. The van der Waals surface area contributed by atoms with Gasteiger partial charge in [-0.15, -0.1) is 0 Å². The van der Waals surface area contributed by atoms with Gasteiger partial charge in [0.25, 0.3) is 0 Å². The number of rotatable bonds is 6. The molecule has 5 heteroatoms. The number of benzene rings is 2. The van der Waals surface area contributed by atoms with E-state index < -0.39 is 17.9 Å². The fourth-order valence-corrected chi connectivity index (χ4v) is 2.22. The van der Waals surface area contributed by atoms with Crippen molar-refractivity contribution in [2.45, 2.75) is 13.0 Å². The summed E-state index contributed by atoms with van der Waals surface area (Å²) in [5.74, 6) is -3.11. The van der Waals surface area contributed by atoms with Gasteiger partial charge in [-0.3, -0.25) is 9.59 Å². The predicted octanol–water partition coefficient (Wildman–Crippen LogP) is 3.44. The molecule has 4 nitrogen and oxygen atoms in total. The molecule has 0 aromatic heterocycles. The van der Waals surface area contributed by atoms with Crippen molar-refractivity contribution in [1.82, 2.24) is 0 Å². The Labute approximate surface area is 136 Å². The van der Waals surface area contributed by atoms with E-state index in [1.165, 1.54) is 0 Å². The zero-order chi connectivity index (χ0) is 15.9. The minimum atomic E-state index is -1.20. The molecule has 0 heterocycles. The lowest BCUT2D eigenvalue weighted by Gasteiger charge is -2.12. The molecule has 114 valence electrons. The summed E-state index contributed by atoms with van der Waals surface area (Å²) in [6.07, 6.45) is 0.107. The molecule has 0 aliphatic rings. The van der Waals surface area contributed by atoms with Crippen LogP contribution in [0.15, 0.2) is 59.1 Å². The molecule has 0 aliphatic heterocycles. The summed E-state index contributed by atoms with van der Waals surface area (Å²) in [6.45, 7) is 0.0732. The second-order valence-electron chi connectivity index (χ2n) is 4.81. The zero-order valence-corrected chi connectivity index (χ0v) is 13.3. The SMILES string of the molecule is O=C(O)C(Cc1ccc(Br)cc1)C(=O)OCc1ccccc1. The molecule has 0 amide bonds. The molecule has 0 aliphatic carbocycles. The highest BCUT2D eigenvalue weighted by molar-refractivity contribution is 9.10. The van der Waals surface area contributed by atoms with Crippen molar-refractivity contribution in [2.24, 2.45) is 5.92 Å². The molecule has 1 unspecified atom stereocenters. The van der Waals surface area contributed by atoms with Crippen molar-refractivity contribution >= 4 is 27.9 Å². The highest BCUT2D eigenvalue weighted by atomic mass is 79.9. The Morgan fingerprint density at radius 2 is 1.64 bits per heavy atom. The van der Waals surface area contributed by atoms with Crippen molar-refractivity contribution in [3.63, 3.8) is 0 Å². The number of hydrogen-bond acceptors (Lipinski definition) is 3. The Bertz CT molecular complexity index is 637. The molecule has 0 saturated heterocycles. The normalized spacial score (nSPS) is 11.7. The molecule has 0 radical (unpaired) electrons. The van der Waals surface area contributed by atoms with Gasteiger partial charge in [0.05, 0.1) is 0 Å². The highest BCUT2D eigenvalue weighted by Crippen LogP contribution is 2.16. The van der Waals surface area contributed by atoms with Gasteiger partial charge in [-0.1, -0.05) is 58.4 Å². The van der Waals surface area contributed by atoms with Crippen LogP contribution < -0.4 is 0 Å². The second kappa shape index (κ2) is 7.75. The average Bonchev–Trinajstić information content (AvgIpc) is 2.52. The minimum Gasteiger partial charge on any atom is -0.481 e. The van der Waals surface area contributed by atoms with E-state index in [1.807, 2.05) is 42.5 Å². The van der Waals surface area contributed by atoms with Gasteiger partial charge in [0.15, 0.2) is 5.92 Å². The van der Waals surface area contributed by atoms with Crippen LogP contribution in [-0.4, -0.2) is 17.0 Å². The Hall–Kier alpha value is -2.14. The Balaban J connectivity index is 1.99. The summed E-state index contributed by atoms with van der Waals surface area (Å²) < 4.78 is 6.02. The van der Waals surface area contributed by atoms with Crippen molar-refractivity contribution in [3.05, 3.63) is 70.2 Å². The molecular weight excluding hydrogens is 348 g/mol. The number of carbonyl (C=O) groups excluding carboxylic acids is 1. The largest absolute Gasteiger partial charge is 0.481 e. The number of carbonyl (C=O) groups is 2. The number of esters is 1. The zero-order valence-electron chi connectivity index (χ0n) is 11.7. The first-order chi connectivity index (χ1) is 10.6. The monoisotopic (exact) mass is 362 g/mol. The fraction of sp³-hybridized carbons (Fsp3) is 0.176. The predicted molar refractivity (Wildman–Crippen MR) is 85.2 cm³/mol. The van der Waals surface area contributed by atoms with Gasteiger partial charge in [-0.05, 0) is 29.7 Å². The molecule has 22 heavy (non-hydrogen) atoms. The van der Waals surface area contributed by atoms with Gasteiger partial charge in [0, 0.05) is 4.47 Å². The third-order valence-corrected chi connectivity index (χ3v) is 3.69. The molecule has 0 saturated carbocycles. The highest BCUT2D eigenvalue weighted by Gasteiger charge is 2.28. The Morgan fingerprint density at radius 1 is 1.00 bits per heavy atom. The van der Waals surface area contributed by atoms with Crippen molar-refractivity contribution < 1.29 is 19.4 Å². The first-order valence-electron chi connectivity index (χ1n) is 6.74. The van der Waals surface area contributed by atoms with Crippen LogP contribution in [0.1, 0.15) is 11.1 Å². The van der Waals surface area contributed by atoms with Crippen LogP contribution in [0.2, 0.25) is 0 Å². The van der Waals surface area contributed by atoms with E-state index in [0.717, 1.165) is 15.6 Å². The van der Waals surface area contributed by atoms with E-state index in [0.29, 0.717) is 0 Å². The van der Waals surface area contributed by atoms with Gasteiger partial charge < -0.3 is 9.84 Å². The van der Waals surface area contributed by atoms with E-state index in [-0.39, 0.29) is 13.0 Å². The first kappa shape index (κ1) is 16.2. The maximum atomic E-state index is 12.0. The average molecular weight is 363 g/mol. The third kappa shape index (κ3) is 4.70. The summed E-state index contributed by atoms with van der Waals surface area (Å²) in [5, 5.41) is 9.25. The van der Waals surface area contributed by atoms with E-state index in [2.05, 4.69) is 15.9 Å². The molecule has 2 aromatic rings. The van der Waals surface area contributed by atoms with Crippen molar-refractivity contribution in [3.8, 4) is 0 Å². The number of hydrogen-bond donors (Lipinski definition) is 1. The molecule has 1 atom stereocenters. The second-order valence-corrected chi connectivity index (χ2v) is 5.73. The number of carboxylic acids is 1. The summed E-state index contributed by atoms with van der Waals surface area (Å²) in [6, 6.07) is 16.3. The van der Waals surface area contributed by atoms with Gasteiger partial charge >= 0.3 is 11.9 Å². The van der Waals surface area contributed by atoms with Crippen LogP contribution in [0.5, 0.6) is 0 Å². The maximum absolute atomic E-state index is 12.0. The summed E-state index contributed by atoms with van der Waals surface area (Å²) in [7, 11) is 0. The topological polar surface area (TPSA) is 63.6 Å². The van der Waals surface area contributed by atoms with Crippen molar-refractivity contribution in [1.29, 1.82) is 0 Å². The van der Waals surface area contributed by atoms with Gasteiger partial charge in [0.2, 0.25) is 0 Å². The molecule has 0 fully saturated rings. The van der Waals surface area contributed by atoms with Crippen LogP contribution >= 0.6 is 15.9 Å². The molecular formula is C17H15BrO4. The molecule has 2 rings (SSSR count). The quantitative estimate of drug-likeness (QED) is 0.631. The molecule has 0 spiro atoms. The van der Waals surface area contributed by atoms with Crippen LogP contribution in [0.3, 0.4) is 0 Å². The smallest absolute Gasteiger partial charge is 0.320 e. The minimum absolute atomic E-state index is 0.0732. The summed E-state index contributed by atoms with van der Waals surface area (Å²) in [4.78, 5) is 23.3. The Kier molecular flexibility index (Phi) is 5.72. The number of carboxylic acid groups (broad SMARTS) is 1. The van der Waals surface area contributed by atoms with Gasteiger partial charge in [-0.25, -0.2) is 0 Å². The lowest BCUT2D eigenvalue weighted by atomic mass is 10.00. The van der Waals surface area contributed by atoms with E-state index >= 15 is 0 Å². The van der Waals surface area contributed by atoms with Gasteiger partial charge in [0.1, 0.15) is 6.61 Å². The van der Waals surface area contributed by atoms with E-state index in [4.69, 9.17) is 4.74 Å². The maximum Gasteiger partial charge on any atom is 0.320 e. The lowest BCUT2D eigenvalue weighted by molar-refractivity contribution is -0.159.